The van der Waals surface area contributed by atoms with Gasteiger partial charge in [-0.05, 0) is 57.2 Å². The van der Waals surface area contributed by atoms with Crippen LogP contribution in [0.5, 0.6) is 5.75 Å². The molecule has 0 aliphatic heterocycles. The van der Waals surface area contributed by atoms with Gasteiger partial charge in [0, 0.05) is 17.3 Å². The van der Waals surface area contributed by atoms with Crippen molar-refractivity contribution in [3.05, 3.63) is 48.7 Å². The summed E-state index contributed by atoms with van der Waals surface area (Å²) in [4.78, 5) is 4.72. The van der Waals surface area contributed by atoms with E-state index in [2.05, 4.69) is 26.1 Å². The van der Waals surface area contributed by atoms with E-state index in [0.717, 1.165) is 22.7 Å². The van der Waals surface area contributed by atoms with E-state index in [1.807, 2.05) is 40.9 Å². The fourth-order valence-corrected chi connectivity index (χ4v) is 2.29. The summed E-state index contributed by atoms with van der Waals surface area (Å²) in [6, 6.07) is 13.1. The first-order valence-corrected chi connectivity index (χ1v) is 6.99. The molecule has 2 aromatic heterocycles. The van der Waals surface area contributed by atoms with E-state index in [1.54, 1.807) is 12.1 Å². The van der Waals surface area contributed by atoms with Crippen LogP contribution in [-0.4, -0.2) is 20.0 Å². The highest BCUT2D eigenvalue weighted by molar-refractivity contribution is 5.77. The smallest absolute Gasteiger partial charge is 0.139 e. The van der Waals surface area contributed by atoms with Crippen molar-refractivity contribution < 1.29 is 5.11 Å². The Labute approximate surface area is 124 Å². The van der Waals surface area contributed by atoms with Crippen molar-refractivity contribution in [2.24, 2.45) is 0 Å². The molecule has 0 amide bonds. The van der Waals surface area contributed by atoms with Crippen molar-refractivity contribution in [2.75, 3.05) is 5.32 Å². The van der Waals surface area contributed by atoms with Gasteiger partial charge in [0.05, 0.1) is 0 Å². The molecule has 4 nitrogen and oxygen atoms in total. The fourth-order valence-electron chi connectivity index (χ4n) is 2.29. The van der Waals surface area contributed by atoms with Crippen LogP contribution in [-0.2, 0) is 0 Å². The molecule has 4 heteroatoms. The zero-order valence-corrected chi connectivity index (χ0v) is 12.5. The maximum absolute atomic E-state index is 9.46. The average Bonchev–Trinajstić information content (AvgIpc) is 2.77. The zero-order chi connectivity index (χ0) is 15.0. The predicted molar refractivity (Wildman–Crippen MR) is 85.7 cm³/mol. The van der Waals surface area contributed by atoms with Crippen molar-refractivity contribution in [1.29, 1.82) is 0 Å². The fraction of sp³-hybridized carbons (Fsp3) is 0.235. The van der Waals surface area contributed by atoms with E-state index >= 15 is 0 Å². The Balaban J connectivity index is 2.21. The third-order valence-electron chi connectivity index (χ3n) is 3.16. The van der Waals surface area contributed by atoms with Gasteiger partial charge in [-0.2, -0.15) is 0 Å². The second-order valence-corrected chi connectivity index (χ2v) is 6.16. The van der Waals surface area contributed by atoms with Crippen LogP contribution in [0.1, 0.15) is 20.8 Å². The van der Waals surface area contributed by atoms with Crippen molar-refractivity contribution in [3.63, 3.8) is 0 Å². The molecule has 3 rings (SSSR count). The van der Waals surface area contributed by atoms with E-state index in [4.69, 9.17) is 4.98 Å². The molecule has 2 heterocycles. The van der Waals surface area contributed by atoms with Gasteiger partial charge in [-0.25, -0.2) is 4.98 Å². The Bertz CT molecular complexity index is 767. The highest BCUT2D eigenvalue weighted by atomic mass is 16.3. The number of nitrogens with zero attached hydrogens (tertiary/aromatic N) is 2. The Morgan fingerprint density at radius 1 is 1.05 bits per heavy atom. The Morgan fingerprint density at radius 2 is 1.76 bits per heavy atom. The van der Waals surface area contributed by atoms with Gasteiger partial charge in [-0.3, -0.25) is 4.40 Å². The van der Waals surface area contributed by atoms with Crippen LogP contribution in [0.2, 0.25) is 0 Å². The van der Waals surface area contributed by atoms with Gasteiger partial charge >= 0.3 is 0 Å². The number of pyridine rings is 1. The van der Waals surface area contributed by atoms with Gasteiger partial charge in [0.15, 0.2) is 0 Å². The maximum atomic E-state index is 9.46. The number of aromatic nitrogens is 2. The van der Waals surface area contributed by atoms with E-state index in [1.165, 1.54) is 0 Å². The van der Waals surface area contributed by atoms with Crippen molar-refractivity contribution in [1.82, 2.24) is 9.38 Å². The van der Waals surface area contributed by atoms with Crippen molar-refractivity contribution in [2.45, 2.75) is 26.3 Å². The molecule has 0 spiro atoms. The Hall–Kier alpha value is -2.49. The van der Waals surface area contributed by atoms with E-state index in [-0.39, 0.29) is 11.3 Å². The highest BCUT2D eigenvalue weighted by Gasteiger charge is 2.18. The average molecular weight is 281 g/mol. The normalized spacial score (nSPS) is 11.8. The first-order chi connectivity index (χ1) is 9.94. The van der Waals surface area contributed by atoms with Gasteiger partial charge in [0.1, 0.15) is 22.9 Å². The van der Waals surface area contributed by atoms with Gasteiger partial charge < -0.3 is 10.4 Å². The minimum Gasteiger partial charge on any atom is -0.508 e. The summed E-state index contributed by atoms with van der Waals surface area (Å²) in [7, 11) is 0. The molecule has 3 aromatic rings. The molecule has 0 fully saturated rings. The van der Waals surface area contributed by atoms with Crippen LogP contribution >= 0.6 is 0 Å². The molecule has 0 saturated heterocycles. The molecule has 0 unspecified atom stereocenters. The molecule has 0 bridgehead atoms. The molecule has 21 heavy (non-hydrogen) atoms. The molecule has 0 aliphatic carbocycles. The molecule has 1 aromatic carbocycles. The summed E-state index contributed by atoms with van der Waals surface area (Å²) in [5.41, 5.74) is 2.68. The van der Waals surface area contributed by atoms with Crippen LogP contribution in [0.3, 0.4) is 0 Å². The van der Waals surface area contributed by atoms with Crippen molar-refractivity contribution in [3.8, 4) is 17.0 Å². The number of phenols is 1. The summed E-state index contributed by atoms with van der Waals surface area (Å²) < 4.78 is 2.05. The minimum absolute atomic E-state index is 0.0720. The lowest BCUT2D eigenvalue weighted by Gasteiger charge is -2.22. The number of hydrogen-bond acceptors (Lipinski definition) is 3. The number of imidazole rings is 1. The topological polar surface area (TPSA) is 49.6 Å². The lowest BCUT2D eigenvalue weighted by molar-refractivity contribution is 0.475. The predicted octanol–water partition coefficient (Wildman–Crippen LogP) is 3.92. The van der Waals surface area contributed by atoms with Crippen molar-refractivity contribution >= 4 is 11.5 Å². The largest absolute Gasteiger partial charge is 0.508 e. The molecular formula is C17H19N3O. The van der Waals surface area contributed by atoms with E-state index in [0.29, 0.717) is 0 Å². The molecule has 0 radical (unpaired) electrons. The van der Waals surface area contributed by atoms with E-state index in [9.17, 15) is 5.11 Å². The number of anilines is 1. The van der Waals surface area contributed by atoms with Crippen LogP contribution in [0.25, 0.3) is 16.9 Å². The molecule has 0 atom stereocenters. The van der Waals surface area contributed by atoms with Gasteiger partial charge in [0.25, 0.3) is 0 Å². The molecule has 2 N–H and O–H groups in total. The quantitative estimate of drug-likeness (QED) is 0.748. The summed E-state index contributed by atoms with van der Waals surface area (Å²) in [5, 5.41) is 13.0. The lowest BCUT2D eigenvalue weighted by Crippen LogP contribution is -2.27. The number of benzene rings is 1. The monoisotopic (exact) mass is 281 g/mol. The van der Waals surface area contributed by atoms with Crippen LogP contribution < -0.4 is 5.32 Å². The van der Waals surface area contributed by atoms with Crippen LogP contribution in [0.15, 0.2) is 48.7 Å². The third-order valence-corrected chi connectivity index (χ3v) is 3.16. The van der Waals surface area contributed by atoms with Gasteiger partial charge in [0.2, 0.25) is 0 Å². The summed E-state index contributed by atoms with van der Waals surface area (Å²) in [5.74, 6) is 1.22. The molecule has 0 aliphatic rings. The number of hydrogen-bond donors (Lipinski definition) is 2. The summed E-state index contributed by atoms with van der Waals surface area (Å²) in [6.45, 7) is 6.36. The Morgan fingerprint density at radius 3 is 2.43 bits per heavy atom. The first-order valence-electron chi connectivity index (χ1n) is 6.99. The number of phenolic OH excluding ortho intramolecular Hbond substituents is 1. The van der Waals surface area contributed by atoms with Crippen LogP contribution in [0, 0.1) is 0 Å². The molecular weight excluding hydrogens is 262 g/mol. The zero-order valence-electron chi connectivity index (χ0n) is 12.5. The SMILES string of the molecule is CC(C)(C)Nc1c(-c2ccc(O)cc2)nc2ccccn12. The van der Waals surface area contributed by atoms with Gasteiger partial charge in [-0.1, -0.05) is 6.07 Å². The second kappa shape index (κ2) is 4.81. The Kier molecular flexibility index (Phi) is 3.09. The van der Waals surface area contributed by atoms with E-state index < -0.39 is 0 Å². The number of rotatable bonds is 2. The van der Waals surface area contributed by atoms with Gasteiger partial charge in [-0.15, -0.1) is 0 Å². The number of nitrogens with one attached hydrogen (secondary N) is 1. The maximum Gasteiger partial charge on any atom is 0.139 e. The standard InChI is InChI=1S/C17H19N3O/c1-17(2,3)19-16-15(12-7-9-13(21)10-8-12)18-14-6-4-5-11-20(14)16/h4-11,19,21H,1-3H3. The summed E-state index contributed by atoms with van der Waals surface area (Å²) in [6.07, 6.45) is 2.00. The minimum atomic E-state index is -0.0720. The van der Waals surface area contributed by atoms with Crippen LogP contribution in [0.4, 0.5) is 5.82 Å². The lowest BCUT2D eigenvalue weighted by atomic mass is 10.1. The highest BCUT2D eigenvalue weighted by Crippen LogP contribution is 2.31. The molecule has 108 valence electrons. The number of fused-ring (bicyclic) bond motifs is 1. The molecule has 0 saturated carbocycles. The second-order valence-electron chi connectivity index (χ2n) is 6.16. The number of aromatic hydroxyl groups is 1. The third kappa shape index (κ3) is 2.70. The summed E-state index contributed by atoms with van der Waals surface area (Å²) >= 11 is 0. The first kappa shape index (κ1) is 13.5.